The van der Waals surface area contributed by atoms with Crippen molar-refractivity contribution in [1.82, 2.24) is 14.9 Å². The highest BCUT2D eigenvalue weighted by Crippen LogP contribution is 2.40. The van der Waals surface area contributed by atoms with Gasteiger partial charge in [-0.05, 0) is 64.1 Å². The van der Waals surface area contributed by atoms with Gasteiger partial charge in [0.1, 0.15) is 0 Å². The summed E-state index contributed by atoms with van der Waals surface area (Å²) >= 11 is 0. The van der Waals surface area contributed by atoms with Gasteiger partial charge in [0.05, 0.1) is 18.0 Å². The van der Waals surface area contributed by atoms with Crippen molar-refractivity contribution in [3.63, 3.8) is 0 Å². The first-order chi connectivity index (χ1) is 17.2. The molecule has 3 aliphatic heterocycles. The fourth-order valence-corrected chi connectivity index (χ4v) is 5.46. The van der Waals surface area contributed by atoms with Crippen LogP contribution in [-0.4, -0.2) is 70.1 Å². The van der Waals surface area contributed by atoms with Gasteiger partial charge < -0.3 is 20.1 Å². The number of aliphatic hydroxyl groups is 1. The normalized spacial score (nSPS) is 24.2. The third-order valence-electron chi connectivity index (χ3n) is 7.39. The van der Waals surface area contributed by atoms with E-state index in [1.54, 1.807) is 23.2 Å². The van der Waals surface area contributed by atoms with Gasteiger partial charge in [-0.3, -0.25) is 4.90 Å². The summed E-state index contributed by atoms with van der Waals surface area (Å²) in [5.74, 6) is -0.399. The molecule has 0 saturated carbocycles. The number of fused-ring (bicyclic) bond motifs is 1. The van der Waals surface area contributed by atoms with Gasteiger partial charge in [0, 0.05) is 42.6 Å². The smallest absolute Gasteiger partial charge is 0.387 e. The minimum atomic E-state index is -3.00. The summed E-state index contributed by atoms with van der Waals surface area (Å²) in [4.78, 5) is 16.8. The average Bonchev–Trinajstić information content (AvgIpc) is 3.11. The number of hydrogen-bond donors (Lipinski definition) is 2. The predicted octanol–water partition coefficient (Wildman–Crippen LogP) is 4.50. The Morgan fingerprint density at radius 3 is 2.83 bits per heavy atom. The summed E-state index contributed by atoms with van der Waals surface area (Å²) in [7, 11) is 0. The van der Waals surface area contributed by atoms with Crippen LogP contribution in [0.5, 0.6) is 5.75 Å². The second-order valence-corrected chi connectivity index (χ2v) is 10.4. The fraction of sp³-hybridized carbons (Fsp3) is 0.560. The number of aliphatic hydroxyl groups excluding tert-OH is 1. The Bertz CT molecular complexity index is 1120. The molecule has 2 N–H and O–H groups in total. The first kappa shape index (κ1) is 24.8. The number of halogens is 3. The first-order valence-electron chi connectivity index (χ1n) is 12.3. The largest absolute Gasteiger partial charge is 0.433 e. The van der Waals surface area contributed by atoms with Crippen molar-refractivity contribution in [2.75, 3.05) is 29.9 Å². The summed E-state index contributed by atoms with van der Waals surface area (Å²) in [6.45, 7) is 3.26. The van der Waals surface area contributed by atoms with Crippen molar-refractivity contribution in [1.29, 1.82) is 0 Å². The topological polar surface area (TPSA) is 86.1 Å². The molecule has 1 aromatic carbocycles. The predicted molar refractivity (Wildman–Crippen MR) is 131 cm³/mol. The zero-order chi connectivity index (χ0) is 25.4. The third-order valence-corrected chi connectivity index (χ3v) is 7.39. The van der Waals surface area contributed by atoms with Crippen LogP contribution in [-0.2, 0) is 0 Å². The SMILES string of the molecule is CC1(C)CC[C@H]2CC(C=Nc3nc(Nc4ccc(N5CC(O)C5)c(OC(F)F)c4)ncc3F)CCN21. The Morgan fingerprint density at radius 1 is 1.28 bits per heavy atom. The summed E-state index contributed by atoms with van der Waals surface area (Å²) < 4.78 is 45.0. The number of aliphatic imine (C=N–C) groups is 1. The van der Waals surface area contributed by atoms with E-state index in [0.29, 0.717) is 30.5 Å². The number of nitrogens with zero attached hydrogens (tertiary/aromatic N) is 5. The van der Waals surface area contributed by atoms with Crippen molar-refractivity contribution in [2.45, 2.75) is 63.8 Å². The van der Waals surface area contributed by atoms with Crippen LogP contribution >= 0.6 is 0 Å². The van der Waals surface area contributed by atoms with Crippen LogP contribution in [0.3, 0.4) is 0 Å². The van der Waals surface area contributed by atoms with Crippen molar-refractivity contribution in [3.05, 3.63) is 30.2 Å². The second-order valence-electron chi connectivity index (χ2n) is 10.4. The lowest BCUT2D eigenvalue weighted by molar-refractivity contribution is -0.0496. The number of piperidine rings is 1. The Kier molecular flexibility index (Phi) is 6.78. The summed E-state index contributed by atoms with van der Waals surface area (Å²) in [6.07, 6.45) is 6.65. The van der Waals surface area contributed by atoms with E-state index in [1.807, 2.05) is 0 Å². The van der Waals surface area contributed by atoms with Gasteiger partial charge in [0.15, 0.2) is 17.4 Å². The van der Waals surface area contributed by atoms with Gasteiger partial charge in [-0.1, -0.05) is 0 Å². The summed E-state index contributed by atoms with van der Waals surface area (Å²) in [5, 5.41) is 12.4. The average molecular weight is 505 g/mol. The number of hydrogen-bond acceptors (Lipinski definition) is 8. The molecule has 194 valence electrons. The van der Waals surface area contributed by atoms with Crippen molar-refractivity contribution >= 4 is 29.4 Å². The molecule has 0 amide bonds. The maximum Gasteiger partial charge on any atom is 0.387 e. The van der Waals surface area contributed by atoms with Crippen LogP contribution in [0.2, 0.25) is 0 Å². The Balaban J connectivity index is 1.28. The summed E-state index contributed by atoms with van der Waals surface area (Å²) in [5.41, 5.74) is 1.09. The second kappa shape index (κ2) is 9.85. The molecular weight excluding hydrogens is 473 g/mol. The van der Waals surface area contributed by atoms with Gasteiger partial charge >= 0.3 is 6.61 Å². The molecule has 5 rings (SSSR count). The van der Waals surface area contributed by atoms with Gasteiger partial charge in [-0.25, -0.2) is 14.4 Å². The van der Waals surface area contributed by atoms with E-state index in [-0.39, 0.29) is 29.0 Å². The van der Waals surface area contributed by atoms with E-state index >= 15 is 0 Å². The van der Waals surface area contributed by atoms with Crippen LogP contribution < -0.4 is 15.0 Å². The zero-order valence-electron chi connectivity index (χ0n) is 20.4. The van der Waals surface area contributed by atoms with Crippen LogP contribution in [0.25, 0.3) is 0 Å². The van der Waals surface area contributed by atoms with Crippen molar-refractivity contribution in [3.8, 4) is 5.75 Å². The van der Waals surface area contributed by atoms with Crippen LogP contribution in [0.1, 0.15) is 39.5 Å². The van der Waals surface area contributed by atoms with Crippen LogP contribution in [0, 0.1) is 11.7 Å². The highest BCUT2D eigenvalue weighted by atomic mass is 19.3. The lowest BCUT2D eigenvalue weighted by Gasteiger charge is -2.41. The minimum Gasteiger partial charge on any atom is -0.433 e. The molecular formula is C25H31F3N6O2. The molecule has 2 atom stereocenters. The lowest BCUT2D eigenvalue weighted by Crippen LogP contribution is -2.51. The summed E-state index contributed by atoms with van der Waals surface area (Å²) in [6, 6.07) is 5.21. The van der Waals surface area contributed by atoms with E-state index in [2.05, 4.69) is 43.8 Å². The standard InChI is InChI=1S/C25H31F3N6O2/c1-25(2)7-5-17-9-15(6-8-34(17)25)11-29-22-19(26)12-30-24(32-22)31-16-3-4-20(33-13-18(35)14-33)21(10-16)36-23(27)28/h3-4,10-12,15,17-18,23,35H,5-9,13-14H2,1-2H3,(H,30,31,32)/t15?,17-/m0/s1. The zero-order valence-corrected chi connectivity index (χ0v) is 20.4. The molecule has 0 aliphatic carbocycles. The van der Waals surface area contributed by atoms with Crippen LogP contribution in [0.4, 0.5) is 36.3 Å². The molecule has 3 aliphatic rings. The van der Waals surface area contributed by atoms with Crippen LogP contribution in [0.15, 0.2) is 29.4 Å². The molecule has 0 spiro atoms. The third kappa shape index (κ3) is 5.27. The van der Waals surface area contributed by atoms with Gasteiger partial charge in [-0.15, -0.1) is 0 Å². The van der Waals surface area contributed by atoms with Gasteiger partial charge in [0.2, 0.25) is 5.95 Å². The number of anilines is 3. The monoisotopic (exact) mass is 504 g/mol. The maximum absolute atomic E-state index is 14.4. The highest BCUT2D eigenvalue weighted by molar-refractivity contribution is 5.69. The van der Waals surface area contributed by atoms with Gasteiger partial charge in [0.25, 0.3) is 0 Å². The molecule has 0 bridgehead atoms. The molecule has 1 unspecified atom stereocenters. The Labute approximate surface area is 208 Å². The molecule has 36 heavy (non-hydrogen) atoms. The molecule has 0 radical (unpaired) electrons. The Hall–Kier alpha value is -2.92. The molecule has 3 fully saturated rings. The van der Waals surface area contributed by atoms with E-state index in [9.17, 15) is 18.3 Å². The molecule has 1 aromatic heterocycles. The fourth-order valence-electron chi connectivity index (χ4n) is 5.46. The van der Waals surface area contributed by atoms with E-state index in [0.717, 1.165) is 25.6 Å². The number of β-amino-alcohol motifs (C(OH)–C–C–N with tert-alkyl or cyclic N) is 1. The molecule has 11 heteroatoms. The maximum atomic E-state index is 14.4. The first-order valence-corrected chi connectivity index (χ1v) is 12.3. The quantitative estimate of drug-likeness (QED) is 0.537. The number of ether oxygens (including phenoxy) is 1. The van der Waals surface area contributed by atoms with Crippen molar-refractivity contribution < 1.29 is 23.0 Å². The lowest BCUT2D eigenvalue weighted by atomic mass is 9.91. The van der Waals surface area contributed by atoms with E-state index in [1.165, 1.54) is 18.9 Å². The molecule has 2 aromatic rings. The number of aromatic nitrogens is 2. The number of alkyl halides is 2. The number of rotatable bonds is 7. The van der Waals surface area contributed by atoms with Gasteiger partial charge in [-0.2, -0.15) is 13.8 Å². The van der Waals surface area contributed by atoms with E-state index in [4.69, 9.17) is 0 Å². The van der Waals surface area contributed by atoms with Crippen molar-refractivity contribution in [2.24, 2.45) is 10.9 Å². The number of benzene rings is 1. The molecule has 8 nitrogen and oxygen atoms in total. The Morgan fingerprint density at radius 2 is 2.08 bits per heavy atom. The van der Waals surface area contributed by atoms with E-state index < -0.39 is 18.5 Å². The molecule has 4 heterocycles. The number of nitrogens with one attached hydrogen (secondary N) is 1. The molecule has 3 saturated heterocycles. The highest BCUT2D eigenvalue weighted by Gasteiger charge is 2.42. The minimum absolute atomic E-state index is 0.0383.